The molecule has 1 unspecified atom stereocenters. The van der Waals surface area contributed by atoms with Crippen LogP contribution in [0.3, 0.4) is 0 Å². The monoisotopic (exact) mass is 218 g/mol. The summed E-state index contributed by atoms with van der Waals surface area (Å²) in [5.41, 5.74) is 0. The van der Waals surface area contributed by atoms with Crippen molar-refractivity contribution in [2.75, 3.05) is 0 Å². The van der Waals surface area contributed by atoms with Gasteiger partial charge in [-0.2, -0.15) is 8.42 Å². The summed E-state index contributed by atoms with van der Waals surface area (Å²) in [4.78, 5) is 0. The smallest absolute Gasteiger partial charge is 0.400 e. The van der Waals surface area contributed by atoms with Crippen molar-refractivity contribution in [1.82, 2.24) is 0 Å². The van der Waals surface area contributed by atoms with Crippen molar-refractivity contribution in [3.05, 3.63) is 30.3 Å². The van der Waals surface area contributed by atoms with Crippen molar-refractivity contribution in [1.29, 1.82) is 0 Å². The minimum absolute atomic E-state index is 0.462. The number of hydrogen-bond acceptors (Lipinski definition) is 4. The highest BCUT2D eigenvalue weighted by atomic mass is 32.3. The molecular weight excluding hydrogens is 208 g/mol. The average Bonchev–Trinajstić information content (AvgIpc) is 2.02. The van der Waals surface area contributed by atoms with Crippen molar-refractivity contribution in [2.45, 2.75) is 13.2 Å². The van der Waals surface area contributed by atoms with Crippen LogP contribution < -0.4 is 4.74 Å². The van der Waals surface area contributed by atoms with E-state index in [0.717, 1.165) is 0 Å². The van der Waals surface area contributed by atoms with Crippen LogP contribution in [-0.4, -0.2) is 19.3 Å². The summed E-state index contributed by atoms with van der Waals surface area (Å²) in [5, 5.41) is 0. The van der Waals surface area contributed by atoms with Gasteiger partial charge in [0.1, 0.15) is 5.75 Å². The van der Waals surface area contributed by atoms with Crippen molar-refractivity contribution < 1.29 is 21.9 Å². The van der Waals surface area contributed by atoms with E-state index in [4.69, 9.17) is 9.29 Å². The molecule has 0 spiro atoms. The summed E-state index contributed by atoms with van der Waals surface area (Å²) in [6.45, 7) is 1.36. The molecule has 5 nitrogen and oxygen atoms in total. The van der Waals surface area contributed by atoms with Gasteiger partial charge < -0.3 is 4.74 Å². The van der Waals surface area contributed by atoms with Crippen LogP contribution in [0.1, 0.15) is 6.92 Å². The fourth-order valence-electron chi connectivity index (χ4n) is 0.882. The first-order valence-corrected chi connectivity index (χ1v) is 5.21. The molecule has 0 heterocycles. The molecule has 0 saturated heterocycles. The lowest BCUT2D eigenvalue weighted by atomic mass is 10.3. The second-order valence-corrected chi connectivity index (χ2v) is 3.57. The van der Waals surface area contributed by atoms with Gasteiger partial charge in [-0.15, -0.1) is 0 Å². The zero-order chi connectivity index (χ0) is 10.6. The van der Waals surface area contributed by atoms with Gasteiger partial charge >= 0.3 is 10.4 Å². The Labute approximate surface area is 82.2 Å². The predicted octanol–water partition coefficient (Wildman–Crippen LogP) is 1.23. The van der Waals surface area contributed by atoms with E-state index >= 15 is 0 Å². The molecule has 0 aliphatic rings. The summed E-state index contributed by atoms with van der Waals surface area (Å²) < 4.78 is 38.1. The Morgan fingerprint density at radius 1 is 1.29 bits per heavy atom. The Kier molecular flexibility index (Phi) is 3.45. The zero-order valence-electron chi connectivity index (χ0n) is 7.45. The standard InChI is InChI=1S/C8H10O5S/c1-7(13-14(9,10)11)12-8-5-3-2-4-6-8/h2-7H,1H3,(H,9,10,11). The van der Waals surface area contributed by atoms with Crippen LogP contribution in [0, 0.1) is 0 Å². The molecule has 0 aliphatic carbocycles. The van der Waals surface area contributed by atoms with Crippen molar-refractivity contribution in [3.63, 3.8) is 0 Å². The number of hydrogen-bond donors (Lipinski definition) is 1. The van der Waals surface area contributed by atoms with Gasteiger partial charge in [0.15, 0.2) is 0 Å². The second kappa shape index (κ2) is 4.41. The van der Waals surface area contributed by atoms with Crippen LogP contribution in [0.2, 0.25) is 0 Å². The van der Waals surface area contributed by atoms with Gasteiger partial charge in [-0.25, -0.2) is 4.18 Å². The van der Waals surface area contributed by atoms with E-state index in [0.29, 0.717) is 5.75 Å². The number of ether oxygens (including phenoxy) is 1. The third kappa shape index (κ3) is 4.22. The van der Waals surface area contributed by atoms with Gasteiger partial charge in [-0.05, 0) is 19.1 Å². The summed E-state index contributed by atoms with van der Waals surface area (Å²) in [6.07, 6.45) is -1.06. The fourth-order valence-corrected chi connectivity index (χ4v) is 1.26. The normalized spacial score (nSPS) is 13.6. The predicted molar refractivity (Wildman–Crippen MR) is 49.2 cm³/mol. The van der Waals surface area contributed by atoms with Gasteiger partial charge in [-0.1, -0.05) is 18.2 Å². The Morgan fingerprint density at radius 3 is 2.36 bits per heavy atom. The van der Waals surface area contributed by atoms with Crippen molar-refractivity contribution >= 4 is 10.4 Å². The first-order chi connectivity index (χ1) is 6.47. The lowest BCUT2D eigenvalue weighted by molar-refractivity contribution is 0.0188. The van der Waals surface area contributed by atoms with E-state index in [1.807, 2.05) is 0 Å². The lowest BCUT2D eigenvalue weighted by Gasteiger charge is -2.12. The molecule has 1 rings (SSSR count). The second-order valence-electron chi connectivity index (χ2n) is 2.52. The Morgan fingerprint density at radius 2 is 1.86 bits per heavy atom. The highest BCUT2D eigenvalue weighted by Gasteiger charge is 2.12. The molecule has 6 heteroatoms. The van der Waals surface area contributed by atoms with E-state index in [2.05, 4.69) is 4.18 Å². The Balaban J connectivity index is 2.54. The molecule has 0 radical (unpaired) electrons. The molecule has 1 aromatic carbocycles. The first-order valence-electron chi connectivity index (χ1n) is 3.85. The van der Waals surface area contributed by atoms with E-state index in [1.165, 1.54) is 6.92 Å². The third-order valence-corrected chi connectivity index (χ3v) is 1.82. The maximum absolute atomic E-state index is 10.3. The minimum Gasteiger partial charge on any atom is -0.464 e. The largest absolute Gasteiger partial charge is 0.464 e. The van der Waals surface area contributed by atoms with Gasteiger partial charge in [0.25, 0.3) is 0 Å². The molecular formula is C8H10O5S. The van der Waals surface area contributed by atoms with Crippen LogP contribution in [-0.2, 0) is 14.6 Å². The lowest BCUT2D eigenvalue weighted by Crippen LogP contribution is -2.20. The maximum Gasteiger partial charge on any atom is 0.400 e. The van der Waals surface area contributed by atoms with Crippen molar-refractivity contribution in [3.8, 4) is 5.75 Å². The molecule has 14 heavy (non-hydrogen) atoms. The third-order valence-electron chi connectivity index (χ3n) is 1.30. The van der Waals surface area contributed by atoms with E-state index in [9.17, 15) is 8.42 Å². The van der Waals surface area contributed by atoms with Gasteiger partial charge in [-0.3, -0.25) is 4.55 Å². The highest BCUT2D eigenvalue weighted by molar-refractivity contribution is 7.80. The topological polar surface area (TPSA) is 72.8 Å². The summed E-state index contributed by atoms with van der Waals surface area (Å²) >= 11 is 0. The van der Waals surface area contributed by atoms with Crippen molar-refractivity contribution in [2.24, 2.45) is 0 Å². The minimum atomic E-state index is -4.47. The quantitative estimate of drug-likeness (QED) is 0.607. The molecule has 0 saturated carbocycles. The molecule has 0 amide bonds. The molecule has 1 aromatic rings. The number of rotatable bonds is 4. The molecule has 1 N–H and O–H groups in total. The van der Waals surface area contributed by atoms with Crippen LogP contribution in [0.15, 0.2) is 30.3 Å². The van der Waals surface area contributed by atoms with Gasteiger partial charge in [0.2, 0.25) is 6.29 Å². The Hall–Kier alpha value is -1.11. The first kappa shape index (κ1) is 11.0. The summed E-state index contributed by atoms with van der Waals surface area (Å²) in [7, 11) is -4.47. The van der Waals surface area contributed by atoms with Gasteiger partial charge in [0.05, 0.1) is 0 Å². The average molecular weight is 218 g/mol. The van der Waals surface area contributed by atoms with Crippen LogP contribution >= 0.6 is 0 Å². The number of benzene rings is 1. The zero-order valence-corrected chi connectivity index (χ0v) is 8.27. The van der Waals surface area contributed by atoms with E-state index < -0.39 is 16.7 Å². The maximum atomic E-state index is 10.3. The molecule has 1 atom stereocenters. The molecule has 0 aromatic heterocycles. The van der Waals surface area contributed by atoms with Gasteiger partial charge in [0, 0.05) is 0 Å². The molecule has 78 valence electrons. The highest BCUT2D eigenvalue weighted by Crippen LogP contribution is 2.11. The Bertz CT molecular complexity index is 372. The van der Waals surface area contributed by atoms with Crippen LogP contribution in [0.5, 0.6) is 5.75 Å². The summed E-state index contributed by atoms with van der Waals surface area (Å²) in [5.74, 6) is 0.462. The van der Waals surface area contributed by atoms with Crippen LogP contribution in [0.25, 0.3) is 0 Å². The molecule has 0 bridgehead atoms. The molecule has 0 aliphatic heterocycles. The fraction of sp³-hybridized carbons (Fsp3) is 0.250. The SMILES string of the molecule is CC(Oc1ccccc1)OS(=O)(=O)O. The van der Waals surface area contributed by atoms with E-state index in [1.54, 1.807) is 30.3 Å². The van der Waals surface area contributed by atoms with Crippen LogP contribution in [0.4, 0.5) is 0 Å². The number of para-hydroxylation sites is 1. The summed E-state index contributed by atoms with van der Waals surface area (Å²) in [6, 6.07) is 8.54. The molecule has 0 fully saturated rings. The van der Waals surface area contributed by atoms with E-state index in [-0.39, 0.29) is 0 Å².